The van der Waals surface area contributed by atoms with Crippen molar-refractivity contribution < 1.29 is 13.9 Å². The van der Waals surface area contributed by atoms with Crippen LogP contribution in [0.5, 0.6) is 5.75 Å². The quantitative estimate of drug-likeness (QED) is 0.902. The van der Waals surface area contributed by atoms with Crippen molar-refractivity contribution in [3.05, 3.63) is 29.6 Å². The largest absolute Gasteiger partial charge is 0.487 e. The summed E-state index contributed by atoms with van der Waals surface area (Å²) in [4.78, 5) is 0. The minimum absolute atomic E-state index is 0.0165. The third kappa shape index (κ3) is 3.93. The number of hydrogen-bond donors (Lipinski definition) is 1. The number of rotatable bonds is 5. The molecule has 2 N–H and O–H groups in total. The van der Waals surface area contributed by atoms with Crippen molar-refractivity contribution in [2.75, 3.05) is 7.11 Å². The van der Waals surface area contributed by atoms with Crippen molar-refractivity contribution in [2.45, 2.75) is 57.3 Å². The summed E-state index contributed by atoms with van der Waals surface area (Å²) in [6.07, 6.45) is 4.75. The summed E-state index contributed by atoms with van der Waals surface area (Å²) < 4.78 is 25.4. The summed E-state index contributed by atoms with van der Waals surface area (Å²) in [6, 6.07) is 5.02. The lowest BCUT2D eigenvalue weighted by atomic mass is 9.94. The van der Waals surface area contributed by atoms with E-state index < -0.39 is 0 Å². The second kappa shape index (κ2) is 7.04. The van der Waals surface area contributed by atoms with Crippen LogP contribution in [0.25, 0.3) is 0 Å². The van der Waals surface area contributed by atoms with Gasteiger partial charge in [-0.3, -0.25) is 0 Å². The summed E-state index contributed by atoms with van der Waals surface area (Å²) in [5.74, 6) is 0.0641. The molecule has 0 radical (unpaired) electrons. The highest BCUT2D eigenvalue weighted by Gasteiger charge is 2.25. The lowest BCUT2D eigenvalue weighted by Gasteiger charge is -2.29. The number of para-hydroxylation sites is 1. The number of ether oxygens (including phenoxy) is 2. The monoisotopic (exact) mass is 281 g/mol. The Hall–Kier alpha value is -1.13. The lowest BCUT2D eigenvalue weighted by molar-refractivity contribution is 0.0194. The molecule has 1 aliphatic rings. The standard InChI is InChI=1S/C16H24FNO2/c1-11(18)9-12-5-3-8-15(17)16(12)20-14-7-4-6-13(10-14)19-2/h3,5,8,11,13-14H,4,6-7,9-10,18H2,1-2H3. The third-order valence-corrected chi connectivity index (χ3v) is 3.79. The molecule has 3 unspecified atom stereocenters. The molecule has 1 aromatic carbocycles. The van der Waals surface area contributed by atoms with E-state index in [0.717, 1.165) is 31.2 Å². The molecule has 0 bridgehead atoms. The summed E-state index contributed by atoms with van der Waals surface area (Å²) in [5, 5.41) is 0. The minimum atomic E-state index is -0.303. The van der Waals surface area contributed by atoms with Gasteiger partial charge in [0.25, 0.3) is 0 Å². The number of hydrogen-bond acceptors (Lipinski definition) is 3. The Morgan fingerprint density at radius 2 is 2.10 bits per heavy atom. The van der Waals surface area contributed by atoms with Gasteiger partial charge in [0.05, 0.1) is 6.10 Å². The van der Waals surface area contributed by atoms with Crippen molar-refractivity contribution in [1.82, 2.24) is 0 Å². The van der Waals surface area contributed by atoms with Gasteiger partial charge in [0, 0.05) is 19.6 Å². The zero-order valence-corrected chi connectivity index (χ0v) is 12.3. The first-order chi connectivity index (χ1) is 9.60. The summed E-state index contributed by atoms with van der Waals surface area (Å²) in [6.45, 7) is 1.91. The van der Waals surface area contributed by atoms with E-state index in [2.05, 4.69) is 0 Å². The molecule has 4 heteroatoms. The number of methoxy groups -OCH3 is 1. The fraction of sp³-hybridized carbons (Fsp3) is 0.625. The van der Waals surface area contributed by atoms with Crippen molar-refractivity contribution in [2.24, 2.45) is 5.73 Å². The van der Waals surface area contributed by atoms with E-state index in [0.29, 0.717) is 12.2 Å². The first kappa shape index (κ1) is 15.3. The van der Waals surface area contributed by atoms with E-state index in [-0.39, 0.29) is 24.1 Å². The number of benzene rings is 1. The van der Waals surface area contributed by atoms with Gasteiger partial charge in [-0.15, -0.1) is 0 Å². The molecule has 0 saturated heterocycles. The van der Waals surface area contributed by atoms with Gasteiger partial charge in [0.2, 0.25) is 0 Å². The zero-order valence-electron chi connectivity index (χ0n) is 12.3. The number of halogens is 1. The Balaban J connectivity index is 2.11. The molecule has 0 heterocycles. The lowest BCUT2D eigenvalue weighted by Crippen LogP contribution is -2.30. The van der Waals surface area contributed by atoms with Crippen molar-refractivity contribution in [3.63, 3.8) is 0 Å². The number of nitrogens with two attached hydrogens (primary N) is 1. The molecule has 1 saturated carbocycles. The summed E-state index contributed by atoms with van der Waals surface area (Å²) in [5.41, 5.74) is 6.67. The predicted molar refractivity (Wildman–Crippen MR) is 77.4 cm³/mol. The first-order valence-corrected chi connectivity index (χ1v) is 7.32. The van der Waals surface area contributed by atoms with Crippen LogP contribution in [0.1, 0.15) is 38.2 Å². The smallest absolute Gasteiger partial charge is 0.165 e. The van der Waals surface area contributed by atoms with E-state index in [1.165, 1.54) is 6.07 Å². The highest BCUT2D eigenvalue weighted by atomic mass is 19.1. The van der Waals surface area contributed by atoms with Crippen LogP contribution in [-0.4, -0.2) is 25.4 Å². The zero-order chi connectivity index (χ0) is 14.5. The maximum Gasteiger partial charge on any atom is 0.165 e. The Labute approximate surface area is 120 Å². The molecule has 3 atom stereocenters. The van der Waals surface area contributed by atoms with Crippen LogP contribution in [0, 0.1) is 5.82 Å². The molecule has 0 amide bonds. The predicted octanol–water partition coefficient (Wildman–Crippen LogP) is 3.05. The van der Waals surface area contributed by atoms with E-state index in [9.17, 15) is 4.39 Å². The van der Waals surface area contributed by atoms with Crippen LogP contribution >= 0.6 is 0 Å². The Morgan fingerprint density at radius 3 is 2.80 bits per heavy atom. The highest BCUT2D eigenvalue weighted by Crippen LogP contribution is 2.30. The van der Waals surface area contributed by atoms with Crippen LogP contribution in [0.3, 0.4) is 0 Å². The normalized spacial score (nSPS) is 24.4. The second-order valence-electron chi connectivity index (χ2n) is 5.67. The van der Waals surface area contributed by atoms with Gasteiger partial charge in [-0.05, 0) is 44.2 Å². The van der Waals surface area contributed by atoms with Crippen LogP contribution in [-0.2, 0) is 11.2 Å². The van der Waals surface area contributed by atoms with E-state index in [4.69, 9.17) is 15.2 Å². The maximum atomic E-state index is 14.0. The van der Waals surface area contributed by atoms with Gasteiger partial charge in [-0.1, -0.05) is 12.1 Å². The molecule has 20 heavy (non-hydrogen) atoms. The molecular weight excluding hydrogens is 257 g/mol. The van der Waals surface area contributed by atoms with E-state index in [1.54, 1.807) is 13.2 Å². The average molecular weight is 281 g/mol. The van der Waals surface area contributed by atoms with Crippen molar-refractivity contribution in [1.29, 1.82) is 0 Å². The molecule has 1 aromatic rings. The molecule has 112 valence electrons. The summed E-state index contributed by atoms with van der Waals surface area (Å²) >= 11 is 0. The van der Waals surface area contributed by atoms with Gasteiger partial charge in [-0.2, -0.15) is 0 Å². The molecule has 2 rings (SSSR count). The molecule has 0 aromatic heterocycles. The van der Waals surface area contributed by atoms with E-state index >= 15 is 0 Å². The van der Waals surface area contributed by atoms with Crippen LogP contribution in [0.2, 0.25) is 0 Å². The minimum Gasteiger partial charge on any atom is -0.487 e. The van der Waals surface area contributed by atoms with Gasteiger partial charge in [-0.25, -0.2) is 4.39 Å². The molecule has 1 fully saturated rings. The molecule has 1 aliphatic carbocycles. The fourth-order valence-corrected chi connectivity index (χ4v) is 2.78. The van der Waals surface area contributed by atoms with Gasteiger partial charge >= 0.3 is 0 Å². The molecular formula is C16H24FNO2. The van der Waals surface area contributed by atoms with Gasteiger partial charge in [0.1, 0.15) is 6.10 Å². The second-order valence-corrected chi connectivity index (χ2v) is 5.67. The van der Waals surface area contributed by atoms with E-state index in [1.807, 2.05) is 13.0 Å². The molecule has 3 nitrogen and oxygen atoms in total. The topological polar surface area (TPSA) is 44.5 Å². The van der Waals surface area contributed by atoms with Crippen molar-refractivity contribution in [3.8, 4) is 5.75 Å². The van der Waals surface area contributed by atoms with Gasteiger partial charge in [0.15, 0.2) is 11.6 Å². The first-order valence-electron chi connectivity index (χ1n) is 7.32. The average Bonchev–Trinajstić information content (AvgIpc) is 2.42. The molecule has 0 spiro atoms. The Kier molecular flexibility index (Phi) is 5.38. The highest BCUT2D eigenvalue weighted by molar-refractivity contribution is 5.35. The molecule has 0 aliphatic heterocycles. The van der Waals surface area contributed by atoms with Crippen molar-refractivity contribution >= 4 is 0 Å². The van der Waals surface area contributed by atoms with Gasteiger partial charge < -0.3 is 15.2 Å². The Bertz CT molecular complexity index is 436. The summed E-state index contributed by atoms with van der Waals surface area (Å²) in [7, 11) is 1.72. The van der Waals surface area contributed by atoms with Crippen LogP contribution < -0.4 is 10.5 Å². The SMILES string of the molecule is COC1CCCC(Oc2c(F)cccc2CC(C)N)C1. The van der Waals surface area contributed by atoms with Crippen LogP contribution in [0.15, 0.2) is 18.2 Å². The van der Waals surface area contributed by atoms with Crippen LogP contribution in [0.4, 0.5) is 4.39 Å². The fourth-order valence-electron chi connectivity index (χ4n) is 2.78. The maximum absolute atomic E-state index is 14.0. The third-order valence-electron chi connectivity index (χ3n) is 3.79. The Morgan fingerprint density at radius 1 is 1.35 bits per heavy atom.